The molecule has 0 saturated carbocycles. The summed E-state index contributed by atoms with van der Waals surface area (Å²) in [6.07, 6.45) is 4.10. The van der Waals surface area contributed by atoms with Crippen molar-refractivity contribution in [3.63, 3.8) is 0 Å². The lowest BCUT2D eigenvalue weighted by atomic mass is 10.2. The van der Waals surface area contributed by atoms with Crippen LogP contribution in [-0.4, -0.2) is 64.7 Å². The molecule has 2 heterocycles. The monoisotopic (exact) mass is 375 g/mol. The van der Waals surface area contributed by atoms with Gasteiger partial charge in [-0.05, 0) is 44.4 Å². The van der Waals surface area contributed by atoms with Gasteiger partial charge >= 0.3 is 5.76 Å². The van der Waals surface area contributed by atoms with E-state index in [0.29, 0.717) is 25.0 Å². The number of unbranched alkanes of at least 4 members (excludes halogenated alkanes) is 2. The lowest BCUT2D eigenvalue weighted by Gasteiger charge is -2.34. The van der Waals surface area contributed by atoms with Gasteiger partial charge in [-0.25, -0.2) is 4.79 Å². The summed E-state index contributed by atoms with van der Waals surface area (Å²) in [6, 6.07) is 7.36. The lowest BCUT2D eigenvalue weighted by Crippen LogP contribution is -2.48. The zero-order valence-electron chi connectivity index (χ0n) is 15.8. The Hall–Kier alpha value is -2.12. The molecule has 0 atom stereocenters. The maximum atomic E-state index is 12.4. The number of aryl methyl sites for hydroxylation is 1. The summed E-state index contributed by atoms with van der Waals surface area (Å²) in [5, 5.41) is 8.82. The first-order valence-electron chi connectivity index (χ1n) is 9.88. The van der Waals surface area contributed by atoms with E-state index in [-0.39, 0.29) is 18.3 Å². The largest absolute Gasteiger partial charge is 0.419 e. The molecule has 0 spiro atoms. The van der Waals surface area contributed by atoms with Gasteiger partial charge in [0, 0.05) is 45.8 Å². The van der Waals surface area contributed by atoms with Gasteiger partial charge in [-0.15, -0.1) is 0 Å². The van der Waals surface area contributed by atoms with Crippen molar-refractivity contribution in [2.75, 3.05) is 39.3 Å². The average Bonchev–Trinajstić information content (AvgIpc) is 3.01. The lowest BCUT2D eigenvalue weighted by molar-refractivity contribution is -0.133. The first kappa shape index (κ1) is 19.6. The average molecular weight is 375 g/mol. The van der Waals surface area contributed by atoms with Crippen LogP contribution in [-0.2, 0) is 11.3 Å². The molecule has 0 bridgehead atoms. The van der Waals surface area contributed by atoms with E-state index in [0.717, 1.165) is 57.5 Å². The van der Waals surface area contributed by atoms with Crippen molar-refractivity contribution in [1.29, 1.82) is 0 Å². The second-order valence-corrected chi connectivity index (χ2v) is 7.10. The number of carbonyl (C=O) groups excluding carboxylic acids is 1. The molecule has 1 aromatic heterocycles. The zero-order valence-corrected chi connectivity index (χ0v) is 15.8. The molecule has 1 aliphatic rings. The number of oxazole rings is 1. The van der Waals surface area contributed by atoms with Gasteiger partial charge in [0.25, 0.3) is 0 Å². The number of aliphatic hydroxyl groups is 1. The Labute approximate surface area is 159 Å². The van der Waals surface area contributed by atoms with E-state index in [2.05, 4.69) is 4.90 Å². The third kappa shape index (κ3) is 5.20. The van der Waals surface area contributed by atoms with Crippen LogP contribution in [0.5, 0.6) is 0 Å². The molecule has 27 heavy (non-hydrogen) atoms. The van der Waals surface area contributed by atoms with Gasteiger partial charge < -0.3 is 14.4 Å². The number of fused-ring (bicyclic) bond motifs is 1. The van der Waals surface area contributed by atoms with E-state index in [1.54, 1.807) is 10.6 Å². The molecule has 148 valence electrons. The third-order valence-electron chi connectivity index (χ3n) is 5.20. The molecular formula is C20H29N3O4. The predicted molar refractivity (Wildman–Crippen MR) is 104 cm³/mol. The van der Waals surface area contributed by atoms with Crippen molar-refractivity contribution >= 4 is 17.0 Å². The van der Waals surface area contributed by atoms with Gasteiger partial charge in [-0.3, -0.25) is 14.3 Å². The molecule has 1 N–H and O–H groups in total. The van der Waals surface area contributed by atoms with Crippen molar-refractivity contribution in [3.05, 3.63) is 34.8 Å². The number of carbonyl (C=O) groups is 1. The van der Waals surface area contributed by atoms with Crippen LogP contribution >= 0.6 is 0 Å². The fourth-order valence-corrected chi connectivity index (χ4v) is 3.62. The van der Waals surface area contributed by atoms with E-state index in [1.165, 1.54) is 0 Å². The molecule has 3 rings (SSSR count). The number of aromatic nitrogens is 1. The smallest absolute Gasteiger partial charge is 0.408 e. The molecule has 0 unspecified atom stereocenters. The molecule has 1 saturated heterocycles. The number of piperazine rings is 1. The Morgan fingerprint density at radius 1 is 1.00 bits per heavy atom. The number of benzene rings is 1. The second kappa shape index (κ2) is 9.71. The number of hydrogen-bond acceptors (Lipinski definition) is 5. The highest BCUT2D eigenvalue weighted by atomic mass is 16.4. The molecule has 7 nitrogen and oxygen atoms in total. The highest BCUT2D eigenvalue weighted by Gasteiger charge is 2.20. The molecule has 1 amide bonds. The van der Waals surface area contributed by atoms with Gasteiger partial charge in [0.15, 0.2) is 5.58 Å². The molecule has 1 aromatic carbocycles. The van der Waals surface area contributed by atoms with E-state index >= 15 is 0 Å². The van der Waals surface area contributed by atoms with E-state index < -0.39 is 0 Å². The number of nitrogens with zero attached hydrogens (tertiary/aromatic N) is 3. The highest BCUT2D eigenvalue weighted by molar-refractivity contribution is 5.76. The molecular weight excluding hydrogens is 346 g/mol. The minimum absolute atomic E-state index is 0.163. The van der Waals surface area contributed by atoms with Crippen molar-refractivity contribution in [3.8, 4) is 0 Å². The first-order valence-corrected chi connectivity index (χ1v) is 9.88. The number of hydrogen-bond donors (Lipinski definition) is 1. The van der Waals surface area contributed by atoms with Crippen molar-refractivity contribution in [1.82, 2.24) is 14.4 Å². The van der Waals surface area contributed by atoms with Crippen LogP contribution in [0.3, 0.4) is 0 Å². The summed E-state index contributed by atoms with van der Waals surface area (Å²) in [5.74, 6) is -0.200. The highest BCUT2D eigenvalue weighted by Crippen LogP contribution is 2.13. The van der Waals surface area contributed by atoms with Crippen LogP contribution in [0, 0.1) is 0 Å². The molecule has 7 heteroatoms. The fraction of sp³-hybridized carbons (Fsp3) is 0.600. The van der Waals surface area contributed by atoms with Gasteiger partial charge in [-0.2, -0.15) is 0 Å². The van der Waals surface area contributed by atoms with Crippen LogP contribution in [0.25, 0.3) is 11.1 Å². The predicted octanol–water partition coefficient (Wildman–Crippen LogP) is 1.68. The van der Waals surface area contributed by atoms with Crippen LogP contribution < -0.4 is 5.76 Å². The van der Waals surface area contributed by atoms with Gasteiger partial charge in [0.1, 0.15) is 0 Å². The Kier molecular flexibility index (Phi) is 7.06. The summed E-state index contributed by atoms with van der Waals surface area (Å²) < 4.78 is 6.83. The van der Waals surface area contributed by atoms with Crippen LogP contribution in [0.15, 0.2) is 33.5 Å². The quantitative estimate of drug-likeness (QED) is 0.675. The Morgan fingerprint density at radius 3 is 2.56 bits per heavy atom. The molecule has 0 aliphatic carbocycles. The molecule has 1 fully saturated rings. The summed E-state index contributed by atoms with van der Waals surface area (Å²) in [4.78, 5) is 28.7. The summed E-state index contributed by atoms with van der Waals surface area (Å²) in [7, 11) is 0. The number of rotatable bonds is 9. The SMILES string of the molecule is O=C(CCCn1c(=O)oc2ccccc21)N1CCN(CCCCCO)CC1. The molecule has 2 aromatic rings. The van der Waals surface area contributed by atoms with Crippen molar-refractivity contribution < 1.29 is 14.3 Å². The molecule has 0 radical (unpaired) electrons. The van der Waals surface area contributed by atoms with E-state index in [4.69, 9.17) is 9.52 Å². The van der Waals surface area contributed by atoms with Crippen molar-refractivity contribution in [2.24, 2.45) is 0 Å². The standard InChI is InChI=1S/C20H29N3O4/c24-16-5-1-4-10-21-12-14-22(15-13-21)19(25)9-6-11-23-17-7-2-3-8-18(17)27-20(23)26/h2-3,7-8,24H,1,4-6,9-16H2. The number of aliphatic hydroxyl groups excluding tert-OH is 1. The van der Waals surface area contributed by atoms with Gasteiger partial charge in [0.05, 0.1) is 5.52 Å². The Bertz CT molecular complexity index is 790. The zero-order chi connectivity index (χ0) is 19.1. The minimum Gasteiger partial charge on any atom is -0.408 e. The van der Waals surface area contributed by atoms with Crippen LogP contribution in [0.1, 0.15) is 32.1 Å². The number of para-hydroxylation sites is 2. The molecule has 1 aliphatic heterocycles. The van der Waals surface area contributed by atoms with E-state index in [9.17, 15) is 9.59 Å². The third-order valence-corrected chi connectivity index (χ3v) is 5.20. The van der Waals surface area contributed by atoms with Crippen LogP contribution in [0.4, 0.5) is 0 Å². The number of amides is 1. The Balaban J connectivity index is 1.40. The maximum absolute atomic E-state index is 12.4. The summed E-state index contributed by atoms with van der Waals surface area (Å²) in [5.41, 5.74) is 1.37. The fourth-order valence-electron chi connectivity index (χ4n) is 3.62. The van der Waals surface area contributed by atoms with Crippen molar-refractivity contribution in [2.45, 2.75) is 38.6 Å². The van der Waals surface area contributed by atoms with E-state index in [1.807, 2.05) is 23.1 Å². The van der Waals surface area contributed by atoms with Gasteiger partial charge in [-0.1, -0.05) is 12.1 Å². The Morgan fingerprint density at radius 2 is 1.78 bits per heavy atom. The summed E-state index contributed by atoms with van der Waals surface area (Å²) in [6.45, 7) is 5.17. The topological polar surface area (TPSA) is 78.9 Å². The first-order chi connectivity index (χ1) is 13.2. The minimum atomic E-state index is -0.363. The van der Waals surface area contributed by atoms with Gasteiger partial charge in [0.2, 0.25) is 5.91 Å². The second-order valence-electron chi connectivity index (χ2n) is 7.10. The maximum Gasteiger partial charge on any atom is 0.419 e. The summed E-state index contributed by atoms with van der Waals surface area (Å²) >= 11 is 0. The van der Waals surface area contributed by atoms with Crippen LogP contribution in [0.2, 0.25) is 0 Å². The normalized spacial score (nSPS) is 15.5.